The van der Waals surface area contributed by atoms with E-state index in [1.165, 1.54) is 0 Å². The third-order valence-corrected chi connectivity index (χ3v) is 3.11. The maximum absolute atomic E-state index is 12.0. The van der Waals surface area contributed by atoms with Gasteiger partial charge in [-0.3, -0.25) is 4.79 Å². The molecular formula is C12H11BrN2O. The van der Waals surface area contributed by atoms with E-state index < -0.39 is 0 Å². The zero-order valence-electron chi connectivity index (χ0n) is 8.85. The highest BCUT2D eigenvalue weighted by Crippen LogP contribution is 2.17. The summed E-state index contributed by atoms with van der Waals surface area (Å²) >= 11 is 3.37. The first-order valence-electron chi connectivity index (χ1n) is 4.92. The van der Waals surface area contributed by atoms with E-state index in [0.29, 0.717) is 12.0 Å². The van der Waals surface area contributed by atoms with E-state index in [2.05, 4.69) is 20.9 Å². The Morgan fingerprint density at radius 2 is 2.19 bits per heavy atom. The van der Waals surface area contributed by atoms with Crippen molar-refractivity contribution in [1.82, 2.24) is 9.55 Å². The van der Waals surface area contributed by atoms with Crippen LogP contribution in [0.5, 0.6) is 0 Å². The lowest BCUT2D eigenvalue weighted by Crippen LogP contribution is -2.08. The van der Waals surface area contributed by atoms with E-state index in [0.717, 1.165) is 10.3 Å². The van der Waals surface area contributed by atoms with Gasteiger partial charge in [0.05, 0.1) is 6.42 Å². The lowest BCUT2D eigenvalue weighted by molar-refractivity contribution is 0.0989. The first-order valence-corrected chi connectivity index (χ1v) is 5.71. The minimum absolute atomic E-state index is 0.0711. The monoisotopic (exact) mass is 278 g/mol. The van der Waals surface area contributed by atoms with Crippen LogP contribution >= 0.6 is 15.9 Å². The van der Waals surface area contributed by atoms with Crippen LogP contribution in [0.3, 0.4) is 0 Å². The molecule has 0 amide bonds. The molecule has 0 N–H and O–H groups in total. The Morgan fingerprint density at radius 3 is 2.81 bits per heavy atom. The molecule has 0 atom stereocenters. The van der Waals surface area contributed by atoms with Crippen LogP contribution in [0, 0.1) is 0 Å². The van der Waals surface area contributed by atoms with Gasteiger partial charge < -0.3 is 4.57 Å². The molecule has 0 radical (unpaired) electrons. The van der Waals surface area contributed by atoms with E-state index >= 15 is 0 Å². The Bertz CT molecular complexity index is 519. The summed E-state index contributed by atoms with van der Waals surface area (Å²) in [5.41, 5.74) is 0.700. The molecule has 82 valence electrons. The molecule has 0 saturated carbocycles. The molecule has 0 bridgehead atoms. The molecule has 3 nitrogen and oxygen atoms in total. The van der Waals surface area contributed by atoms with Crippen molar-refractivity contribution in [2.45, 2.75) is 6.42 Å². The van der Waals surface area contributed by atoms with Gasteiger partial charge in [0.15, 0.2) is 5.78 Å². The molecular weight excluding hydrogens is 268 g/mol. The highest BCUT2D eigenvalue weighted by molar-refractivity contribution is 9.10. The van der Waals surface area contributed by atoms with Gasteiger partial charge in [-0.05, 0) is 6.07 Å². The van der Waals surface area contributed by atoms with Crippen LogP contribution in [0.1, 0.15) is 16.2 Å². The Morgan fingerprint density at radius 1 is 1.44 bits per heavy atom. The predicted molar refractivity (Wildman–Crippen MR) is 65.4 cm³/mol. The number of benzene rings is 1. The minimum Gasteiger partial charge on any atom is -0.338 e. The maximum Gasteiger partial charge on any atom is 0.171 e. The summed E-state index contributed by atoms with van der Waals surface area (Å²) < 4.78 is 2.68. The number of aromatic nitrogens is 2. The van der Waals surface area contributed by atoms with Crippen molar-refractivity contribution < 1.29 is 4.79 Å². The van der Waals surface area contributed by atoms with Gasteiger partial charge in [0.25, 0.3) is 0 Å². The fourth-order valence-corrected chi connectivity index (χ4v) is 2.00. The number of carbonyl (C=O) groups excluding carboxylic acids is 1. The number of hydrogen-bond acceptors (Lipinski definition) is 2. The summed E-state index contributed by atoms with van der Waals surface area (Å²) in [7, 11) is 1.88. The third kappa shape index (κ3) is 2.22. The molecule has 0 aliphatic carbocycles. The second kappa shape index (κ2) is 4.61. The molecule has 1 heterocycles. The molecule has 0 aliphatic heterocycles. The van der Waals surface area contributed by atoms with Crippen molar-refractivity contribution >= 4 is 21.7 Å². The molecule has 1 aromatic heterocycles. The predicted octanol–water partition coefficient (Wildman–Crippen LogP) is 2.61. The van der Waals surface area contributed by atoms with E-state index in [1.54, 1.807) is 6.20 Å². The number of aryl methyl sites for hydroxylation is 1. The molecule has 4 heteroatoms. The van der Waals surface area contributed by atoms with Crippen LogP contribution in [0.4, 0.5) is 0 Å². The first-order chi connectivity index (χ1) is 7.68. The summed E-state index contributed by atoms with van der Waals surface area (Å²) in [4.78, 5) is 16.1. The molecule has 0 aliphatic rings. The smallest absolute Gasteiger partial charge is 0.171 e. The van der Waals surface area contributed by atoms with Crippen LogP contribution in [0.25, 0.3) is 0 Å². The van der Waals surface area contributed by atoms with E-state index in [9.17, 15) is 4.79 Å². The van der Waals surface area contributed by atoms with Crippen molar-refractivity contribution in [3.8, 4) is 0 Å². The molecule has 2 rings (SSSR count). The van der Waals surface area contributed by atoms with Gasteiger partial charge >= 0.3 is 0 Å². The normalized spacial score (nSPS) is 10.4. The molecule has 1 aromatic carbocycles. The number of nitrogens with zero attached hydrogens (tertiary/aromatic N) is 2. The summed E-state index contributed by atoms with van der Waals surface area (Å²) in [6, 6.07) is 7.43. The second-order valence-corrected chi connectivity index (χ2v) is 4.39. The second-order valence-electron chi connectivity index (χ2n) is 3.53. The van der Waals surface area contributed by atoms with Crippen LogP contribution in [-0.2, 0) is 13.5 Å². The molecule has 0 unspecified atom stereocenters. The molecule has 0 saturated heterocycles. The fourth-order valence-electron chi connectivity index (χ4n) is 1.49. The Labute approximate surface area is 102 Å². The highest BCUT2D eigenvalue weighted by Gasteiger charge is 2.12. The average Bonchev–Trinajstić information content (AvgIpc) is 2.65. The van der Waals surface area contributed by atoms with Crippen LogP contribution < -0.4 is 0 Å². The van der Waals surface area contributed by atoms with Crippen molar-refractivity contribution in [2.24, 2.45) is 7.05 Å². The van der Waals surface area contributed by atoms with Gasteiger partial charge in [-0.25, -0.2) is 4.98 Å². The number of imidazole rings is 1. The standard InChI is InChI=1S/C12H11BrN2O/c1-15-7-6-14-12(15)8-11(16)9-4-2-3-5-10(9)13/h2-7H,8H2,1H3. The average molecular weight is 279 g/mol. The van der Waals surface area contributed by atoms with Gasteiger partial charge in [-0.15, -0.1) is 0 Å². The minimum atomic E-state index is 0.0711. The number of Topliss-reactive ketones (excluding diaryl/α,β-unsaturated/α-hetero) is 1. The van der Waals surface area contributed by atoms with E-state index in [4.69, 9.17) is 0 Å². The SMILES string of the molecule is Cn1ccnc1CC(=O)c1ccccc1Br. The number of carbonyl (C=O) groups is 1. The van der Waals surface area contributed by atoms with E-state index in [1.807, 2.05) is 42.1 Å². The summed E-state index contributed by atoms with van der Waals surface area (Å²) in [6.07, 6.45) is 3.86. The van der Waals surface area contributed by atoms with Gasteiger partial charge in [-0.1, -0.05) is 34.1 Å². The Balaban J connectivity index is 2.22. The summed E-state index contributed by atoms with van der Waals surface area (Å²) in [5.74, 6) is 0.850. The number of halogens is 1. The zero-order chi connectivity index (χ0) is 11.5. The van der Waals surface area contributed by atoms with Crippen LogP contribution in [0.15, 0.2) is 41.1 Å². The lowest BCUT2D eigenvalue weighted by atomic mass is 10.1. The Hall–Kier alpha value is -1.42. The molecule has 2 aromatic rings. The third-order valence-electron chi connectivity index (χ3n) is 2.41. The lowest BCUT2D eigenvalue weighted by Gasteiger charge is -2.03. The maximum atomic E-state index is 12.0. The van der Waals surface area contributed by atoms with Gasteiger partial charge in [0.1, 0.15) is 5.82 Å². The van der Waals surface area contributed by atoms with Gasteiger partial charge in [-0.2, -0.15) is 0 Å². The largest absolute Gasteiger partial charge is 0.338 e. The van der Waals surface area contributed by atoms with Crippen molar-refractivity contribution in [2.75, 3.05) is 0 Å². The highest BCUT2D eigenvalue weighted by atomic mass is 79.9. The number of ketones is 1. The quantitative estimate of drug-likeness (QED) is 0.809. The van der Waals surface area contributed by atoms with Gasteiger partial charge in [0, 0.05) is 29.5 Å². The fraction of sp³-hybridized carbons (Fsp3) is 0.167. The number of rotatable bonds is 3. The van der Waals surface area contributed by atoms with Crippen LogP contribution in [-0.4, -0.2) is 15.3 Å². The van der Waals surface area contributed by atoms with Crippen molar-refractivity contribution in [3.63, 3.8) is 0 Å². The van der Waals surface area contributed by atoms with Crippen LogP contribution in [0.2, 0.25) is 0 Å². The summed E-state index contributed by atoms with van der Waals surface area (Å²) in [6.45, 7) is 0. The molecule has 0 spiro atoms. The topological polar surface area (TPSA) is 34.9 Å². The molecule has 0 fully saturated rings. The Kier molecular flexibility index (Phi) is 3.19. The van der Waals surface area contributed by atoms with Gasteiger partial charge in [0.2, 0.25) is 0 Å². The van der Waals surface area contributed by atoms with Crippen molar-refractivity contribution in [1.29, 1.82) is 0 Å². The van der Waals surface area contributed by atoms with E-state index in [-0.39, 0.29) is 5.78 Å². The summed E-state index contributed by atoms with van der Waals surface area (Å²) in [5, 5.41) is 0. The van der Waals surface area contributed by atoms with Crippen molar-refractivity contribution in [3.05, 3.63) is 52.5 Å². The zero-order valence-corrected chi connectivity index (χ0v) is 10.4. The first kappa shape index (κ1) is 11.1. The molecule has 16 heavy (non-hydrogen) atoms. The number of hydrogen-bond donors (Lipinski definition) is 0.